The molecule has 0 unspecified atom stereocenters. The molecule has 0 saturated heterocycles. The minimum Gasteiger partial charge on any atom is -0.504 e. The Hall–Kier alpha value is -3.54. The van der Waals surface area contributed by atoms with Crippen molar-refractivity contribution in [3.63, 3.8) is 0 Å². The van der Waals surface area contributed by atoms with Crippen molar-refractivity contribution < 1.29 is 9.84 Å². The van der Waals surface area contributed by atoms with Crippen LogP contribution in [-0.2, 0) is 6.54 Å². The van der Waals surface area contributed by atoms with E-state index in [-0.39, 0.29) is 5.75 Å². The Kier molecular flexibility index (Phi) is 4.38. The van der Waals surface area contributed by atoms with Crippen LogP contribution in [0.5, 0.6) is 11.5 Å². The number of hydrogen-bond donors (Lipinski definition) is 1. The summed E-state index contributed by atoms with van der Waals surface area (Å²) in [6.07, 6.45) is 1.74. The number of anilines is 1. The standard InChI is InChI=1S/C21H20N4O2/c1-24(14-15-8-9-19(27-2)18(26)12-15)21-13-17(16-6-4-3-5-7-16)23-20-10-11-22-25(20)21/h3-13,26H,14H2,1-2H3. The van der Waals surface area contributed by atoms with Gasteiger partial charge in [0, 0.05) is 31.3 Å². The van der Waals surface area contributed by atoms with Crippen LogP contribution in [0.15, 0.2) is 66.9 Å². The molecular formula is C21H20N4O2. The number of rotatable bonds is 5. The van der Waals surface area contributed by atoms with Crippen molar-refractivity contribution in [1.82, 2.24) is 14.6 Å². The van der Waals surface area contributed by atoms with E-state index in [0.29, 0.717) is 12.3 Å². The first-order valence-electron chi connectivity index (χ1n) is 8.63. The van der Waals surface area contributed by atoms with Crippen molar-refractivity contribution in [2.75, 3.05) is 19.1 Å². The van der Waals surface area contributed by atoms with Crippen molar-refractivity contribution in [2.45, 2.75) is 6.54 Å². The van der Waals surface area contributed by atoms with Gasteiger partial charge in [0.15, 0.2) is 17.1 Å². The summed E-state index contributed by atoms with van der Waals surface area (Å²) < 4.78 is 6.93. The van der Waals surface area contributed by atoms with Gasteiger partial charge in [-0.25, -0.2) is 4.98 Å². The van der Waals surface area contributed by atoms with E-state index in [4.69, 9.17) is 9.72 Å². The van der Waals surface area contributed by atoms with Crippen molar-refractivity contribution in [3.8, 4) is 22.8 Å². The first kappa shape index (κ1) is 16.9. The zero-order chi connectivity index (χ0) is 18.8. The molecule has 4 rings (SSSR count). The van der Waals surface area contributed by atoms with Crippen LogP contribution in [0.2, 0.25) is 0 Å². The van der Waals surface area contributed by atoms with Crippen molar-refractivity contribution >= 4 is 11.5 Å². The molecule has 1 N–H and O–H groups in total. The maximum Gasteiger partial charge on any atom is 0.160 e. The van der Waals surface area contributed by atoms with Crippen LogP contribution in [0.1, 0.15) is 5.56 Å². The van der Waals surface area contributed by atoms with E-state index in [0.717, 1.165) is 28.3 Å². The second-order valence-electron chi connectivity index (χ2n) is 6.33. The predicted octanol–water partition coefficient (Wildman–Crippen LogP) is 3.75. The summed E-state index contributed by atoms with van der Waals surface area (Å²) in [5.41, 5.74) is 3.70. The summed E-state index contributed by atoms with van der Waals surface area (Å²) >= 11 is 0. The average Bonchev–Trinajstić information content (AvgIpc) is 3.16. The van der Waals surface area contributed by atoms with E-state index in [2.05, 4.69) is 10.00 Å². The second kappa shape index (κ2) is 6.99. The minimum atomic E-state index is 0.132. The number of phenols is 1. The van der Waals surface area contributed by atoms with Crippen molar-refractivity contribution in [1.29, 1.82) is 0 Å². The van der Waals surface area contributed by atoms with Gasteiger partial charge in [-0.2, -0.15) is 9.61 Å². The van der Waals surface area contributed by atoms with Gasteiger partial charge in [-0.15, -0.1) is 0 Å². The zero-order valence-corrected chi connectivity index (χ0v) is 15.2. The fraction of sp³-hybridized carbons (Fsp3) is 0.143. The Morgan fingerprint density at radius 1 is 1.07 bits per heavy atom. The Labute approximate surface area is 157 Å². The zero-order valence-electron chi connectivity index (χ0n) is 15.2. The van der Waals surface area contributed by atoms with Gasteiger partial charge >= 0.3 is 0 Å². The molecule has 2 aromatic heterocycles. The largest absolute Gasteiger partial charge is 0.504 e. The molecule has 0 saturated carbocycles. The van der Waals surface area contributed by atoms with Crippen LogP contribution in [0.3, 0.4) is 0 Å². The highest BCUT2D eigenvalue weighted by Crippen LogP contribution is 2.28. The molecule has 136 valence electrons. The Bertz CT molecular complexity index is 1080. The topological polar surface area (TPSA) is 62.9 Å². The summed E-state index contributed by atoms with van der Waals surface area (Å²) in [7, 11) is 3.53. The number of aromatic hydroxyl groups is 1. The molecule has 0 atom stereocenters. The fourth-order valence-electron chi connectivity index (χ4n) is 3.11. The molecule has 0 aliphatic rings. The van der Waals surface area contributed by atoms with Gasteiger partial charge in [0.2, 0.25) is 0 Å². The van der Waals surface area contributed by atoms with E-state index in [1.54, 1.807) is 18.3 Å². The number of methoxy groups -OCH3 is 1. The molecule has 2 heterocycles. The third kappa shape index (κ3) is 3.29. The molecule has 0 fully saturated rings. The predicted molar refractivity (Wildman–Crippen MR) is 105 cm³/mol. The molecule has 0 amide bonds. The Morgan fingerprint density at radius 3 is 2.63 bits per heavy atom. The number of aromatic nitrogens is 3. The monoisotopic (exact) mass is 360 g/mol. The molecule has 0 aliphatic carbocycles. The van der Waals surface area contributed by atoms with Crippen molar-refractivity contribution in [2.24, 2.45) is 0 Å². The molecule has 0 spiro atoms. The smallest absolute Gasteiger partial charge is 0.160 e. The van der Waals surface area contributed by atoms with E-state index in [1.807, 2.05) is 60.1 Å². The first-order valence-corrected chi connectivity index (χ1v) is 8.63. The van der Waals surface area contributed by atoms with Crippen LogP contribution in [0, 0.1) is 0 Å². The van der Waals surface area contributed by atoms with Crippen LogP contribution in [0.4, 0.5) is 5.82 Å². The molecule has 0 aliphatic heterocycles. The quantitative estimate of drug-likeness (QED) is 0.587. The number of ether oxygens (including phenoxy) is 1. The third-order valence-corrected chi connectivity index (χ3v) is 4.46. The highest BCUT2D eigenvalue weighted by atomic mass is 16.5. The van der Waals surface area contributed by atoms with E-state index >= 15 is 0 Å². The lowest BCUT2D eigenvalue weighted by Crippen LogP contribution is -2.20. The van der Waals surface area contributed by atoms with Gasteiger partial charge in [-0.05, 0) is 17.7 Å². The van der Waals surface area contributed by atoms with Gasteiger partial charge in [0.05, 0.1) is 19.0 Å². The molecule has 2 aromatic carbocycles. The third-order valence-electron chi connectivity index (χ3n) is 4.46. The maximum absolute atomic E-state index is 10.0. The van der Waals surface area contributed by atoms with E-state index in [9.17, 15) is 5.11 Å². The normalized spacial score (nSPS) is 10.9. The molecule has 0 radical (unpaired) electrons. The lowest BCUT2D eigenvalue weighted by Gasteiger charge is -2.21. The molecule has 27 heavy (non-hydrogen) atoms. The van der Waals surface area contributed by atoms with E-state index in [1.165, 1.54) is 7.11 Å². The lowest BCUT2D eigenvalue weighted by molar-refractivity contribution is 0.373. The van der Waals surface area contributed by atoms with Crippen LogP contribution in [-0.4, -0.2) is 33.9 Å². The highest BCUT2D eigenvalue weighted by molar-refractivity contribution is 5.66. The Morgan fingerprint density at radius 2 is 1.89 bits per heavy atom. The number of fused-ring (bicyclic) bond motifs is 1. The average molecular weight is 360 g/mol. The summed E-state index contributed by atoms with van der Waals surface area (Å²) in [5, 5.41) is 14.4. The molecule has 6 heteroatoms. The summed E-state index contributed by atoms with van der Waals surface area (Å²) in [5.74, 6) is 1.51. The van der Waals surface area contributed by atoms with Crippen LogP contribution >= 0.6 is 0 Å². The SMILES string of the molecule is COc1ccc(CN(C)c2cc(-c3ccccc3)nc3ccnn23)cc1O. The van der Waals surface area contributed by atoms with Gasteiger partial charge < -0.3 is 14.7 Å². The second-order valence-corrected chi connectivity index (χ2v) is 6.33. The van der Waals surface area contributed by atoms with Gasteiger partial charge in [0.1, 0.15) is 5.82 Å². The number of phenolic OH excluding ortho intramolecular Hbond substituents is 1. The van der Waals surface area contributed by atoms with Crippen LogP contribution in [0.25, 0.3) is 16.9 Å². The minimum absolute atomic E-state index is 0.132. The summed E-state index contributed by atoms with van der Waals surface area (Å²) in [6, 6.07) is 19.4. The van der Waals surface area contributed by atoms with E-state index < -0.39 is 0 Å². The number of nitrogens with zero attached hydrogens (tertiary/aromatic N) is 4. The van der Waals surface area contributed by atoms with Gasteiger partial charge in [0.25, 0.3) is 0 Å². The number of benzene rings is 2. The molecular weight excluding hydrogens is 340 g/mol. The molecule has 6 nitrogen and oxygen atoms in total. The van der Waals surface area contributed by atoms with Crippen molar-refractivity contribution in [3.05, 3.63) is 72.4 Å². The Balaban J connectivity index is 1.71. The van der Waals surface area contributed by atoms with Crippen LogP contribution < -0.4 is 9.64 Å². The molecule has 0 bridgehead atoms. The number of hydrogen-bond acceptors (Lipinski definition) is 5. The fourth-order valence-corrected chi connectivity index (χ4v) is 3.11. The first-order chi connectivity index (χ1) is 13.2. The summed E-state index contributed by atoms with van der Waals surface area (Å²) in [6.45, 7) is 0.602. The van der Waals surface area contributed by atoms with Gasteiger partial charge in [-0.3, -0.25) is 0 Å². The van der Waals surface area contributed by atoms with Gasteiger partial charge in [-0.1, -0.05) is 36.4 Å². The lowest BCUT2D eigenvalue weighted by atomic mass is 10.1. The highest BCUT2D eigenvalue weighted by Gasteiger charge is 2.13. The summed E-state index contributed by atoms with van der Waals surface area (Å²) in [4.78, 5) is 6.79. The molecule has 4 aromatic rings. The maximum atomic E-state index is 10.0.